The van der Waals surface area contributed by atoms with Crippen LogP contribution in [0.15, 0.2) is 59.1 Å². The zero-order valence-electron chi connectivity index (χ0n) is 16.7. The highest BCUT2D eigenvalue weighted by molar-refractivity contribution is 5.81. The molecule has 0 aliphatic carbocycles. The first-order valence-electron chi connectivity index (χ1n) is 10.0. The molecule has 1 aromatic heterocycles. The number of likely N-dealkylation sites (tertiary alicyclic amines) is 1. The number of rotatable bonds is 5. The van der Waals surface area contributed by atoms with Crippen molar-refractivity contribution < 1.29 is 14.1 Å². The zero-order chi connectivity index (χ0) is 20.2. The number of piperidine rings is 1. The molecule has 1 unspecified atom stereocenters. The highest BCUT2D eigenvalue weighted by Crippen LogP contribution is 2.28. The number of hydrogen-bond donors (Lipinski definition) is 0. The van der Waals surface area contributed by atoms with Crippen LogP contribution < -0.4 is 4.74 Å². The van der Waals surface area contributed by atoms with Crippen molar-refractivity contribution in [2.75, 3.05) is 13.1 Å². The number of ether oxygens (including phenoxy) is 1. The molecule has 0 saturated carbocycles. The summed E-state index contributed by atoms with van der Waals surface area (Å²) in [5.41, 5.74) is 2.28. The molecule has 1 amide bonds. The van der Waals surface area contributed by atoms with Gasteiger partial charge in [0, 0.05) is 19.0 Å². The van der Waals surface area contributed by atoms with E-state index in [9.17, 15) is 4.79 Å². The molecule has 29 heavy (non-hydrogen) atoms. The Morgan fingerprint density at radius 3 is 2.34 bits per heavy atom. The Kier molecular flexibility index (Phi) is 5.60. The minimum atomic E-state index is -0.528. The normalized spacial score (nSPS) is 15.9. The minimum Gasteiger partial charge on any atom is -0.481 e. The molecule has 0 N–H and O–H groups in total. The Balaban J connectivity index is 1.32. The second kappa shape index (κ2) is 8.47. The second-order valence-electron chi connectivity index (χ2n) is 7.43. The minimum absolute atomic E-state index is 0.0114. The molecule has 1 aliphatic rings. The molecule has 4 rings (SSSR count). The van der Waals surface area contributed by atoms with Gasteiger partial charge in [0.2, 0.25) is 5.89 Å². The molecule has 0 bridgehead atoms. The largest absolute Gasteiger partial charge is 0.481 e. The highest BCUT2D eigenvalue weighted by Gasteiger charge is 2.29. The van der Waals surface area contributed by atoms with E-state index >= 15 is 0 Å². The zero-order valence-corrected chi connectivity index (χ0v) is 16.7. The summed E-state index contributed by atoms with van der Waals surface area (Å²) < 4.78 is 11.2. The number of aromatic nitrogens is 2. The quantitative estimate of drug-likeness (QED) is 0.651. The lowest BCUT2D eigenvalue weighted by atomic mass is 9.96. The number of carbonyl (C=O) groups excluding carboxylic acids is 1. The van der Waals surface area contributed by atoms with Crippen LogP contribution in [-0.4, -0.2) is 40.1 Å². The number of carbonyl (C=O) groups is 1. The smallest absolute Gasteiger partial charge is 0.263 e. The van der Waals surface area contributed by atoms with Crippen LogP contribution in [0, 0.1) is 6.92 Å². The fourth-order valence-electron chi connectivity index (χ4n) is 3.69. The standard InChI is InChI=1S/C23H25N3O3/c1-16(28-21-10-8-19(9-11-21)18-6-4-3-5-7-18)23(27)26-14-12-20(13-15-26)22-24-17(2)25-29-22/h3-11,16,20H,12-15H2,1-2H3. The molecule has 1 aliphatic heterocycles. The number of amides is 1. The topological polar surface area (TPSA) is 68.5 Å². The van der Waals surface area contributed by atoms with Gasteiger partial charge in [0.25, 0.3) is 5.91 Å². The summed E-state index contributed by atoms with van der Waals surface area (Å²) in [6, 6.07) is 18.0. The van der Waals surface area contributed by atoms with E-state index in [2.05, 4.69) is 22.3 Å². The number of hydrogen-bond acceptors (Lipinski definition) is 5. The summed E-state index contributed by atoms with van der Waals surface area (Å²) in [4.78, 5) is 19.0. The molecular weight excluding hydrogens is 366 g/mol. The average Bonchev–Trinajstić information content (AvgIpc) is 3.21. The van der Waals surface area contributed by atoms with E-state index in [-0.39, 0.29) is 11.8 Å². The van der Waals surface area contributed by atoms with Gasteiger partial charge in [0.05, 0.1) is 0 Å². The van der Waals surface area contributed by atoms with Gasteiger partial charge in [-0.05, 0) is 49.9 Å². The summed E-state index contributed by atoms with van der Waals surface area (Å²) in [5, 5.41) is 3.86. The van der Waals surface area contributed by atoms with Crippen LogP contribution >= 0.6 is 0 Å². The van der Waals surface area contributed by atoms with Crippen molar-refractivity contribution in [3.63, 3.8) is 0 Å². The Morgan fingerprint density at radius 2 is 1.72 bits per heavy atom. The first-order chi connectivity index (χ1) is 14.1. The summed E-state index contributed by atoms with van der Waals surface area (Å²) in [7, 11) is 0. The van der Waals surface area contributed by atoms with Crippen LogP contribution in [0.4, 0.5) is 0 Å². The van der Waals surface area contributed by atoms with Crippen LogP contribution in [0.2, 0.25) is 0 Å². The molecule has 1 saturated heterocycles. The van der Waals surface area contributed by atoms with Crippen molar-refractivity contribution in [2.45, 2.75) is 38.7 Å². The summed E-state index contributed by atoms with van der Waals surface area (Å²) in [5.74, 6) is 2.26. The van der Waals surface area contributed by atoms with E-state index in [0.717, 1.165) is 24.0 Å². The van der Waals surface area contributed by atoms with E-state index in [1.54, 1.807) is 6.92 Å². The van der Waals surface area contributed by atoms with Crippen LogP contribution in [0.3, 0.4) is 0 Å². The molecular formula is C23H25N3O3. The lowest BCUT2D eigenvalue weighted by molar-refractivity contribution is -0.139. The van der Waals surface area contributed by atoms with Crippen LogP contribution in [-0.2, 0) is 4.79 Å². The third-order valence-corrected chi connectivity index (χ3v) is 5.32. The molecule has 6 nitrogen and oxygen atoms in total. The second-order valence-corrected chi connectivity index (χ2v) is 7.43. The molecule has 0 spiro atoms. The van der Waals surface area contributed by atoms with E-state index in [0.29, 0.717) is 30.6 Å². The Morgan fingerprint density at radius 1 is 1.07 bits per heavy atom. The van der Waals surface area contributed by atoms with Gasteiger partial charge >= 0.3 is 0 Å². The van der Waals surface area contributed by atoms with E-state index < -0.39 is 6.10 Å². The molecule has 3 aromatic rings. The van der Waals surface area contributed by atoms with Crippen LogP contribution in [0.1, 0.15) is 37.4 Å². The first-order valence-corrected chi connectivity index (χ1v) is 10.0. The third-order valence-electron chi connectivity index (χ3n) is 5.32. The summed E-state index contributed by atoms with van der Waals surface area (Å²) in [6.45, 7) is 4.97. The maximum atomic E-state index is 12.8. The van der Waals surface area contributed by atoms with Crippen molar-refractivity contribution in [1.29, 1.82) is 0 Å². The Labute approximate surface area is 170 Å². The van der Waals surface area contributed by atoms with Gasteiger partial charge in [0.1, 0.15) is 5.75 Å². The Bertz CT molecular complexity index is 945. The van der Waals surface area contributed by atoms with Crippen molar-refractivity contribution >= 4 is 5.91 Å². The van der Waals surface area contributed by atoms with Crippen LogP contribution in [0.5, 0.6) is 5.75 Å². The molecule has 1 fully saturated rings. The summed E-state index contributed by atoms with van der Waals surface area (Å²) in [6.07, 6.45) is 1.12. The fourth-order valence-corrected chi connectivity index (χ4v) is 3.69. The predicted molar refractivity (Wildman–Crippen MR) is 110 cm³/mol. The van der Waals surface area contributed by atoms with Crippen molar-refractivity contribution in [1.82, 2.24) is 15.0 Å². The third kappa shape index (κ3) is 4.47. The van der Waals surface area contributed by atoms with Crippen molar-refractivity contribution in [2.24, 2.45) is 0 Å². The number of aryl methyl sites for hydroxylation is 1. The average molecular weight is 391 g/mol. The Hall–Kier alpha value is -3.15. The van der Waals surface area contributed by atoms with Gasteiger partial charge in [-0.3, -0.25) is 4.79 Å². The van der Waals surface area contributed by atoms with Gasteiger partial charge < -0.3 is 14.2 Å². The monoisotopic (exact) mass is 391 g/mol. The molecule has 2 heterocycles. The fraction of sp³-hybridized carbons (Fsp3) is 0.348. The maximum Gasteiger partial charge on any atom is 0.263 e. The maximum absolute atomic E-state index is 12.8. The molecule has 2 aromatic carbocycles. The van der Waals surface area contributed by atoms with Gasteiger partial charge in [-0.1, -0.05) is 47.6 Å². The van der Waals surface area contributed by atoms with Gasteiger partial charge in [0.15, 0.2) is 11.9 Å². The molecule has 150 valence electrons. The van der Waals surface area contributed by atoms with Gasteiger partial charge in [-0.15, -0.1) is 0 Å². The SMILES string of the molecule is Cc1noc(C2CCN(C(=O)C(C)Oc3ccc(-c4ccccc4)cc3)CC2)n1. The number of nitrogens with zero attached hydrogens (tertiary/aromatic N) is 3. The molecule has 0 radical (unpaired) electrons. The van der Waals surface area contributed by atoms with E-state index in [1.807, 2.05) is 54.3 Å². The van der Waals surface area contributed by atoms with Gasteiger partial charge in [-0.2, -0.15) is 4.98 Å². The van der Waals surface area contributed by atoms with Crippen molar-refractivity contribution in [3.8, 4) is 16.9 Å². The lowest BCUT2D eigenvalue weighted by Crippen LogP contribution is -2.44. The van der Waals surface area contributed by atoms with Gasteiger partial charge in [-0.25, -0.2) is 0 Å². The number of benzene rings is 2. The molecule has 6 heteroatoms. The predicted octanol–water partition coefficient (Wildman–Crippen LogP) is 4.22. The van der Waals surface area contributed by atoms with Crippen molar-refractivity contribution in [3.05, 3.63) is 66.3 Å². The van der Waals surface area contributed by atoms with E-state index in [1.165, 1.54) is 0 Å². The first kappa shape index (κ1) is 19.2. The lowest BCUT2D eigenvalue weighted by Gasteiger charge is -2.32. The molecule has 1 atom stereocenters. The van der Waals surface area contributed by atoms with E-state index in [4.69, 9.17) is 9.26 Å². The van der Waals surface area contributed by atoms with Crippen LogP contribution in [0.25, 0.3) is 11.1 Å². The summed E-state index contributed by atoms with van der Waals surface area (Å²) >= 11 is 0. The highest BCUT2D eigenvalue weighted by atomic mass is 16.5.